The van der Waals surface area contributed by atoms with Gasteiger partial charge in [0.15, 0.2) is 0 Å². The van der Waals surface area contributed by atoms with Gasteiger partial charge < -0.3 is 11.1 Å². The molecule has 4 rings (SSSR count). The largest absolute Gasteiger partial charge is 0.366 e. The maximum absolute atomic E-state index is 13.7. The standard InChI is InChI=1S/C25H23FN6O5S/c1-15-28-23-20(24(27)33)4-3-5-21(23)25(29-15)30-22(16-6-8-17(26)9-7-16)14-31(2)38(36,37)19-12-10-18(11-13-19)32(34)35/h3-13,22H,14H2,1-2H3,(H2,27,33)(H,28,29,30)/t22-/m1/s1. The zero-order chi connectivity index (χ0) is 27.6. The van der Waals surface area contributed by atoms with Crippen molar-refractivity contribution >= 4 is 38.3 Å². The number of carbonyl (C=O) groups is 1. The van der Waals surface area contributed by atoms with E-state index in [1.165, 1.54) is 31.3 Å². The summed E-state index contributed by atoms with van der Waals surface area (Å²) >= 11 is 0. The molecule has 1 atom stereocenters. The summed E-state index contributed by atoms with van der Waals surface area (Å²) in [6.07, 6.45) is 0. The number of amides is 1. The topological polar surface area (TPSA) is 161 Å². The van der Waals surface area contributed by atoms with Gasteiger partial charge in [-0.15, -0.1) is 0 Å². The number of hydrogen-bond donors (Lipinski definition) is 2. The third-order valence-corrected chi connectivity index (χ3v) is 7.72. The van der Waals surface area contributed by atoms with Crippen LogP contribution in [0, 0.1) is 22.9 Å². The maximum Gasteiger partial charge on any atom is 0.269 e. The van der Waals surface area contributed by atoms with E-state index in [-0.39, 0.29) is 22.7 Å². The van der Waals surface area contributed by atoms with Crippen LogP contribution in [0.2, 0.25) is 0 Å². The van der Waals surface area contributed by atoms with Crippen LogP contribution in [0.1, 0.15) is 27.8 Å². The van der Waals surface area contributed by atoms with Crippen molar-refractivity contribution in [3.8, 4) is 0 Å². The Morgan fingerprint density at radius 2 is 1.76 bits per heavy atom. The highest BCUT2D eigenvalue weighted by Gasteiger charge is 2.26. The number of hydrogen-bond acceptors (Lipinski definition) is 8. The molecule has 1 amide bonds. The first-order chi connectivity index (χ1) is 18.0. The molecule has 0 fully saturated rings. The van der Waals surface area contributed by atoms with Gasteiger partial charge in [0.1, 0.15) is 17.5 Å². The van der Waals surface area contributed by atoms with Crippen LogP contribution >= 0.6 is 0 Å². The fraction of sp³-hybridized carbons (Fsp3) is 0.160. The number of sulfonamides is 1. The van der Waals surface area contributed by atoms with E-state index >= 15 is 0 Å². The van der Waals surface area contributed by atoms with E-state index in [2.05, 4.69) is 15.3 Å². The number of para-hydroxylation sites is 1. The number of nitrogens with two attached hydrogens (primary N) is 1. The van der Waals surface area contributed by atoms with E-state index in [0.717, 1.165) is 28.6 Å². The van der Waals surface area contributed by atoms with Gasteiger partial charge in [0.05, 0.1) is 26.9 Å². The van der Waals surface area contributed by atoms with Gasteiger partial charge in [-0.2, -0.15) is 4.31 Å². The average Bonchev–Trinajstić information content (AvgIpc) is 2.88. The Hall–Kier alpha value is -4.49. The van der Waals surface area contributed by atoms with E-state index < -0.39 is 32.7 Å². The highest BCUT2D eigenvalue weighted by atomic mass is 32.2. The van der Waals surface area contributed by atoms with Crippen molar-refractivity contribution in [2.24, 2.45) is 5.73 Å². The van der Waals surface area contributed by atoms with Crippen LogP contribution in [0.15, 0.2) is 71.6 Å². The fourth-order valence-corrected chi connectivity index (χ4v) is 5.13. The number of halogens is 1. The van der Waals surface area contributed by atoms with Gasteiger partial charge in [0, 0.05) is 31.1 Å². The van der Waals surface area contributed by atoms with Gasteiger partial charge in [-0.25, -0.2) is 22.8 Å². The highest BCUT2D eigenvalue weighted by Crippen LogP contribution is 2.29. The summed E-state index contributed by atoms with van der Waals surface area (Å²) in [5.41, 5.74) is 6.38. The van der Waals surface area contributed by atoms with E-state index in [1.807, 2.05) is 0 Å². The molecule has 13 heteroatoms. The van der Waals surface area contributed by atoms with Gasteiger partial charge in [0.2, 0.25) is 10.0 Å². The quantitative estimate of drug-likeness (QED) is 0.241. The molecular formula is C25H23FN6O5S. The van der Waals surface area contributed by atoms with Crippen LogP contribution in [0.4, 0.5) is 15.9 Å². The summed E-state index contributed by atoms with van der Waals surface area (Å²) in [6, 6.07) is 14.2. The number of anilines is 1. The Morgan fingerprint density at radius 3 is 2.37 bits per heavy atom. The minimum atomic E-state index is -4.05. The SMILES string of the molecule is Cc1nc(N[C@H](CN(C)S(=O)(=O)c2ccc([N+](=O)[O-])cc2)c2ccc(F)cc2)c2cccc(C(N)=O)c2n1. The van der Waals surface area contributed by atoms with Crippen molar-refractivity contribution in [2.45, 2.75) is 17.9 Å². The number of nitrogens with one attached hydrogen (secondary N) is 1. The number of carbonyl (C=O) groups excluding carboxylic acids is 1. The predicted molar refractivity (Wildman–Crippen MR) is 138 cm³/mol. The van der Waals surface area contributed by atoms with Crippen LogP contribution in [0.5, 0.6) is 0 Å². The lowest BCUT2D eigenvalue weighted by molar-refractivity contribution is -0.384. The second-order valence-corrected chi connectivity index (χ2v) is 10.5. The third kappa shape index (κ3) is 5.43. The average molecular weight is 539 g/mol. The van der Waals surface area contributed by atoms with E-state index in [9.17, 15) is 27.7 Å². The fourth-order valence-electron chi connectivity index (χ4n) is 3.94. The predicted octanol–water partition coefficient (Wildman–Crippen LogP) is 3.56. The summed E-state index contributed by atoms with van der Waals surface area (Å²) in [5.74, 6) is -0.457. The first kappa shape index (κ1) is 26.6. The van der Waals surface area contributed by atoms with E-state index in [0.29, 0.717) is 28.1 Å². The van der Waals surface area contributed by atoms with Crippen LogP contribution < -0.4 is 11.1 Å². The highest BCUT2D eigenvalue weighted by molar-refractivity contribution is 7.89. The monoisotopic (exact) mass is 538 g/mol. The summed E-state index contributed by atoms with van der Waals surface area (Å²) in [7, 11) is -2.69. The van der Waals surface area contributed by atoms with Crippen LogP contribution in [0.3, 0.4) is 0 Å². The maximum atomic E-state index is 13.7. The zero-order valence-electron chi connectivity index (χ0n) is 20.3. The lowest BCUT2D eigenvalue weighted by Gasteiger charge is -2.26. The Labute approximate surface area is 217 Å². The Balaban J connectivity index is 1.73. The number of non-ortho nitro benzene ring substituents is 1. The molecule has 4 aromatic rings. The van der Waals surface area contributed by atoms with Crippen molar-refractivity contribution in [3.05, 3.63) is 99.6 Å². The van der Waals surface area contributed by atoms with Crippen molar-refractivity contribution < 1.29 is 22.5 Å². The van der Waals surface area contributed by atoms with Crippen molar-refractivity contribution in [1.29, 1.82) is 0 Å². The van der Waals surface area contributed by atoms with Crippen molar-refractivity contribution in [2.75, 3.05) is 18.9 Å². The minimum Gasteiger partial charge on any atom is -0.366 e. The van der Waals surface area contributed by atoms with Crippen molar-refractivity contribution in [3.63, 3.8) is 0 Å². The van der Waals surface area contributed by atoms with Gasteiger partial charge >= 0.3 is 0 Å². The second kappa shape index (κ2) is 10.5. The molecule has 0 bridgehead atoms. The van der Waals surface area contributed by atoms with Crippen LogP contribution in [-0.4, -0.2) is 47.1 Å². The number of benzene rings is 3. The zero-order valence-corrected chi connectivity index (χ0v) is 21.1. The van der Waals surface area contributed by atoms with Crippen LogP contribution in [-0.2, 0) is 10.0 Å². The molecule has 0 spiro atoms. The molecule has 0 aliphatic carbocycles. The molecule has 3 aromatic carbocycles. The first-order valence-electron chi connectivity index (χ1n) is 11.3. The van der Waals surface area contributed by atoms with Gasteiger partial charge in [0.25, 0.3) is 11.6 Å². The molecule has 196 valence electrons. The smallest absolute Gasteiger partial charge is 0.269 e. The molecule has 0 saturated heterocycles. The molecule has 11 nitrogen and oxygen atoms in total. The number of nitro benzene ring substituents is 1. The molecule has 38 heavy (non-hydrogen) atoms. The summed E-state index contributed by atoms with van der Waals surface area (Å²) < 4.78 is 41.3. The number of rotatable bonds is 9. The first-order valence-corrected chi connectivity index (χ1v) is 12.7. The number of primary amides is 1. The van der Waals surface area contributed by atoms with Gasteiger partial charge in [-0.3, -0.25) is 14.9 Å². The van der Waals surface area contributed by atoms with Gasteiger partial charge in [-0.05, 0) is 48.9 Å². The molecule has 0 saturated carbocycles. The van der Waals surface area contributed by atoms with Crippen LogP contribution in [0.25, 0.3) is 10.9 Å². The van der Waals surface area contributed by atoms with Crippen molar-refractivity contribution in [1.82, 2.24) is 14.3 Å². The minimum absolute atomic E-state index is 0.120. The molecule has 0 aliphatic rings. The van der Waals surface area contributed by atoms with Gasteiger partial charge in [-0.1, -0.05) is 18.2 Å². The molecule has 0 unspecified atom stereocenters. The normalized spacial score (nSPS) is 12.4. The summed E-state index contributed by atoms with van der Waals surface area (Å²) in [6.45, 7) is 1.52. The summed E-state index contributed by atoms with van der Waals surface area (Å²) in [5, 5.41) is 14.7. The number of fused-ring (bicyclic) bond motifs is 1. The lowest BCUT2D eigenvalue weighted by atomic mass is 10.1. The number of nitro groups is 1. The molecule has 1 heterocycles. The second-order valence-electron chi connectivity index (χ2n) is 8.47. The molecule has 0 radical (unpaired) electrons. The number of likely N-dealkylation sites (N-methyl/N-ethyl adjacent to an activating group) is 1. The number of aryl methyl sites for hydroxylation is 1. The molecule has 3 N–H and O–H groups in total. The summed E-state index contributed by atoms with van der Waals surface area (Å²) in [4.78, 5) is 31.0. The molecule has 0 aliphatic heterocycles. The Morgan fingerprint density at radius 1 is 1.11 bits per heavy atom. The Kier molecular flexibility index (Phi) is 7.32. The molecular weight excluding hydrogens is 515 g/mol. The van der Waals surface area contributed by atoms with E-state index in [1.54, 1.807) is 25.1 Å². The lowest BCUT2D eigenvalue weighted by Crippen LogP contribution is -2.34. The Bertz CT molecular complexity index is 1630. The number of nitrogens with zero attached hydrogens (tertiary/aromatic N) is 4. The third-order valence-electron chi connectivity index (χ3n) is 5.88. The number of aromatic nitrogens is 2. The van der Waals surface area contributed by atoms with E-state index in [4.69, 9.17) is 5.73 Å². The molecule has 1 aromatic heterocycles.